The van der Waals surface area contributed by atoms with Crippen molar-refractivity contribution in [3.05, 3.63) is 33.1 Å². The monoisotopic (exact) mass is 463 g/mol. The van der Waals surface area contributed by atoms with Crippen LogP contribution in [0.15, 0.2) is 23.2 Å². The number of rotatable bonds is 7. The Kier molecular flexibility index (Phi) is 8.14. The van der Waals surface area contributed by atoms with Gasteiger partial charge in [0.25, 0.3) is 0 Å². The molecule has 0 aliphatic heterocycles. The van der Waals surface area contributed by atoms with Crippen LogP contribution >= 0.6 is 22.6 Å². The van der Waals surface area contributed by atoms with E-state index in [0.29, 0.717) is 3.57 Å². The third-order valence-electron chi connectivity index (χ3n) is 3.60. The first-order valence-corrected chi connectivity index (χ1v) is 8.99. The SMILES string of the molecule is CCOC(=O)C(C=N[C@H](CO)C(C)(C)C)C(=O)c1cc(I)ccc1F. The van der Waals surface area contributed by atoms with Gasteiger partial charge in [0.1, 0.15) is 5.82 Å². The number of benzene rings is 1. The van der Waals surface area contributed by atoms with Gasteiger partial charge in [0, 0.05) is 9.78 Å². The van der Waals surface area contributed by atoms with Crippen LogP contribution in [0.3, 0.4) is 0 Å². The van der Waals surface area contributed by atoms with Crippen molar-refractivity contribution >= 4 is 40.6 Å². The fourth-order valence-corrected chi connectivity index (χ4v) is 2.55. The summed E-state index contributed by atoms with van der Waals surface area (Å²) >= 11 is 1.96. The van der Waals surface area contributed by atoms with Crippen molar-refractivity contribution in [2.24, 2.45) is 16.3 Å². The van der Waals surface area contributed by atoms with E-state index < -0.39 is 29.5 Å². The molecule has 0 bridgehead atoms. The highest BCUT2D eigenvalue weighted by Gasteiger charge is 2.31. The zero-order chi connectivity index (χ0) is 19.2. The Morgan fingerprint density at radius 1 is 1.40 bits per heavy atom. The summed E-state index contributed by atoms with van der Waals surface area (Å²) in [6.45, 7) is 7.12. The molecule has 0 saturated carbocycles. The molecule has 0 heterocycles. The number of aliphatic imine (C=N–C) groups is 1. The van der Waals surface area contributed by atoms with Crippen LogP contribution in [0.4, 0.5) is 4.39 Å². The minimum Gasteiger partial charge on any atom is -0.465 e. The highest BCUT2D eigenvalue weighted by Crippen LogP contribution is 2.23. The lowest BCUT2D eigenvalue weighted by atomic mass is 9.87. The maximum atomic E-state index is 14.0. The van der Waals surface area contributed by atoms with E-state index in [9.17, 15) is 19.1 Å². The van der Waals surface area contributed by atoms with Gasteiger partial charge in [-0.15, -0.1) is 0 Å². The summed E-state index contributed by atoms with van der Waals surface area (Å²) in [5.74, 6) is -3.57. The molecule has 138 valence electrons. The van der Waals surface area contributed by atoms with Gasteiger partial charge in [-0.05, 0) is 53.1 Å². The van der Waals surface area contributed by atoms with Crippen molar-refractivity contribution in [1.29, 1.82) is 0 Å². The Hall–Kier alpha value is -1.35. The molecular weight excluding hydrogens is 440 g/mol. The number of carbonyl (C=O) groups is 2. The van der Waals surface area contributed by atoms with Crippen molar-refractivity contribution in [2.45, 2.75) is 33.7 Å². The third kappa shape index (κ3) is 6.14. The average Bonchev–Trinajstić information content (AvgIpc) is 2.52. The Balaban J connectivity index is 3.22. The normalized spacial score (nSPS) is 14.4. The van der Waals surface area contributed by atoms with Gasteiger partial charge in [0.2, 0.25) is 0 Å². The van der Waals surface area contributed by atoms with E-state index in [1.807, 2.05) is 43.4 Å². The van der Waals surface area contributed by atoms with E-state index in [-0.39, 0.29) is 24.2 Å². The van der Waals surface area contributed by atoms with Crippen LogP contribution < -0.4 is 0 Å². The number of hydrogen-bond donors (Lipinski definition) is 1. The van der Waals surface area contributed by atoms with Crippen LogP contribution in [0.25, 0.3) is 0 Å². The minimum absolute atomic E-state index is 0.0912. The van der Waals surface area contributed by atoms with Crippen molar-refractivity contribution < 1.29 is 23.8 Å². The van der Waals surface area contributed by atoms with Crippen LogP contribution in [0.2, 0.25) is 0 Å². The Morgan fingerprint density at radius 3 is 2.56 bits per heavy atom. The second kappa shape index (κ2) is 9.38. The van der Waals surface area contributed by atoms with Crippen LogP contribution in [0.5, 0.6) is 0 Å². The molecule has 1 unspecified atom stereocenters. The van der Waals surface area contributed by atoms with Crippen LogP contribution in [-0.4, -0.2) is 42.3 Å². The fourth-order valence-electron chi connectivity index (χ4n) is 2.06. The van der Waals surface area contributed by atoms with Gasteiger partial charge in [0.15, 0.2) is 11.7 Å². The maximum Gasteiger partial charge on any atom is 0.322 e. The summed E-state index contributed by atoms with van der Waals surface area (Å²) < 4.78 is 19.6. The molecule has 0 radical (unpaired) electrons. The zero-order valence-corrected chi connectivity index (χ0v) is 16.9. The van der Waals surface area contributed by atoms with Gasteiger partial charge in [-0.25, -0.2) is 4.39 Å². The molecule has 0 aliphatic rings. The van der Waals surface area contributed by atoms with Crippen molar-refractivity contribution in [3.8, 4) is 0 Å². The summed E-state index contributed by atoms with van der Waals surface area (Å²) in [7, 11) is 0. The Labute approximate surface area is 160 Å². The quantitative estimate of drug-likeness (QED) is 0.222. The largest absolute Gasteiger partial charge is 0.465 e. The molecule has 1 aromatic rings. The topological polar surface area (TPSA) is 76.0 Å². The third-order valence-corrected chi connectivity index (χ3v) is 4.28. The molecule has 1 aromatic carbocycles. The van der Waals surface area contributed by atoms with Gasteiger partial charge in [-0.3, -0.25) is 14.6 Å². The first-order chi connectivity index (χ1) is 11.6. The number of aliphatic hydroxyl groups is 1. The van der Waals surface area contributed by atoms with E-state index >= 15 is 0 Å². The van der Waals surface area contributed by atoms with E-state index in [4.69, 9.17) is 4.74 Å². The van der Waals surface area contributed by atoms with Gasteiger partial charge in [-0.1, -0.05) is 20.8 Å². The van der Waals surface area contributed by atoms with Gasteiger partial charge in [-0.2, -0.15) is 0 Å². The molecule has 1 rings (SSSR count). The number of esters is 1. The predicted molar refractivity (Wildman–Crippen MR) is 102 cm³/mol. The van der Waals surface area contributed by atoms with Gasteiger partial charge < -0.3 is 9.84 Å². The molecule has 7 heteroatoms. The first-order valence-electron chi connectivity index (χ1n) is 7.91. The number of aliphatic hydroxyl groups excluding tert-OH is 1. The van der Waals surface area contributed by atoms with E-state index in [0.717, 1.165) is 6.21 Å². The number of carbonyl (C=O) groups excluding carboxylic acids is 2. The van der Waals surface area contributed by atoms with E-state index in [1.165, 1.54) is 18.2 Å². The van der Waals surface area contributed by atoms with Crippen molar-refractivity contribution in [3.63, 3.8) is 0 Å². The second-order valence-electron chi connectivity index (χ2n) is 6.58. The van der Waals surface area contributed by atoms with Gasteiger partial charge in [0.05, 0.1) is 24.8 Å². The highest BCUT2D eigenvalue weighted by molar-refractivity contribution is 14.1. The highest BCUT2D eigenvalue weighted by atomic mass is 127. The molecule has 0 fully saturated rings. The van der Waals surface area contributed by atoms with E-state index in [1.54, 1.807) is 6.92 Å². The molecule has 1 N–H and O–H groups in total. The molecule has 0 aromatic heterocycles. The average molecular weight is 463 g/mol. The second-order valence-corrected chi connectivity index (χ2v) is 7.83. The fraction of sp³-hybridized carbons (Fsp3) is 0.500. The number of ketones is 1. The lowest BCUT2D eigenvalue weighted by molar-refractivity contribution is -0.144. The smallest absolute Gasteiger partial charge is 0.322 e. The summed E-state index contributed by atoms with van der Waals surface area (Å²) in [5.41, 5.74) is -0.548. The number of nitrogens with zero attached hydrogens (tertiary/aromatic N) is 1. The number of hydrogen-bond acceptors (Lipinski definition) is 5. The number of halogens is 2. The first kappa shape index (κ1) is 21.7. The molecule has 0 saturated heterocycles. The van der Waals surface area contributed by atoms with Crippen LogP contribution in [-0.2, 0) is 9.53 Å². The molecule has 0 amide bonds. The molecule has 25 heavy (non-hydrogen) atoms. The summed E-state index contributed by atoms with van der Waals surface area (Å²) in [4.78, 5) is 29.1. The number of ether oxygens (including phenoxy) is 1. The minimum atomic E-state index is -1.36. The van der Waals surface area contributed by atoms with Gasteiger partial charge >= 0.3 is 5.97 Å². The number of Topliss-reactive ketones (excluding diaryl/α,β-unsaturated/α-hetero) is 1. The Bertz CT molecular complexity index is 655. The summed E-state index contributed by atoms with van der Waals surface area (Å²) in [6, 6.07) is 3.59. The van der Waals surface area contributed by atoms with E-state index in [2.05, 4.69) is 4.99 Å². The molecular formula is C18H23FINO4. The lowest BCUT2D eigenvalue weighted by Crippen LogP contribution is -2.32. The van der Waals surface area contributed by atoms with Crippen LogP contribution in [0, 0.1) is 20.7 Å². The molecule has 0 aliphatic carbocycles. The predicted octanol–water partition coefficient (Wildman–Crippen LogP) is 3.27. The summed E-state index contributed by atoms with van der Waals surface area (Å²) in [5, 5.41) is 9.48. The lowest BCUT2D eigenvalue weighted by Gasteiger charge is -2.25. The molecule has 2 atom stereocenters. The summed E-state index contributed by atoms with van der Waals surface area (Å²) in [6.07, 6.45) is 1.16. The van der Waals surface area contributed by atoms with Crippen molar-refractivity contribution in [1.82, 2.24) is 0 Å². The molecule has 5 nitrogen and oxygen atoms in total. The Morgan fingerprint density at radius 2 is 2.04 bits per heavy atom. The molecule has 0 spiro atoms. The van der Waals surface area contributed by atoms with Crippen LogP contribution in [0.1, 0.15) is 38.1 Å². The van der Waals surface area contributed by atoms with Crippen molar-refractivity contribution in [2.75, 3.05) is 13.2 Å². The standard InChI is InChI=1S/C18H23FINO4/c1-5-25-17(24)13(9-21-15(10-22)18(2,3)4)16(23)12-8-11(20)6-7-14(12)19/h6-9,13,15,22H,5,10H2,1-4H3/t13?,15-/m1/s1. The maximum absolute atomic E-state index is 14.0. The zero-order valence-electron chi connectivity index (χ0n) is 14.8.